The lowest BCUT2D eigenvalue weighted by Crippen LogP contribution is -2.36. The second-order valence-electron chi connectivity index (χ2n) is 34.2. The second kappa shape index (κ2) is 39.9. The lowest BCUT2D eigenvalue weighted by Gasteiger charge is -2.29. The van der Waals surface area contributed by atoms with Crippen molar-refractivity contribution in [1.29, 1.82) is 0 Å². The van der Waals surface area contributed by atoms with Crippen LogP contribution in [0.2, 0.25) is 0 Å². The minimum atomic E-state index is -0.863. The van der Waals surface area contributed by atoms with Gasteiger partial charge in [-0.25, -0.2) is 0 Å². The number of rotatable bonds is 22. The molecule has 1 saturated carbocycles. The summed E-state index contributed by atoms with van der Waals surface area (Å²) >= 11 is 0. The highest BCUT2D eigenvalue weighted by Gasteiger charge is 2.36. The van der Waals surface area contributed by atoms with Gasteiger partial charge in [0, 0.05) is 107 Å². The first-order valence-electron chi connectivity index (χ1n) is 43.6. The van der Waals surface area contributed by atoms with Gasteiger partial charge in [0.15, 0.2) is 0 Å². The Balaban J connectivity index is 0.000000130. The Hall–Kier alpha value is -13.6. The topological polar surface area (TPSA) is 316 Å². The molecule has 0 radical (unpaired) electrons. The van der Waals surface area contributed by atoms with Gasteiger partial charge < -0.3 is 74.2 Å². The van der Waals surface area contributed by atoms with E-state index in [1.807, 2.05) is 111 Å². The van der Waals surface area contributed by atoms with Crippen LogP contribution < -0.4 is 34.3 Å². The molecule has 18 rings (SSSR count). The molecule has 8 aliphatic rings. The predicted molar refractivity (Wildman–Crippen MR) is 491 cm³/mol. The van der Waals surface area contributed by atoms with Gasteiger partial charge in [-0.1, -0.05) is 122 Å². The molecule has 5 unspecified atom stereocenters. The van der Waals surface area contributed by atoms with Crippen molar-refractivity contribution in [3.05, 3.63) is 312 Å². The van der Waals surface area contributed by atoms with Crippen molar-refractivity contribution in [2.24, 2.45) is 0 Å². The van der Waals surface area contributed by atoms with Gasteiger partial charge >= 0.3 is 29.8 Å². The molecule has 10 aromatic rings. The van der Waals surface area contributed by atoms with Crippen molar-refractivity contribution >= 4 is 99.2 Å². The third-order valence-electron chi connectivity index (χ3n) is 25.5. The van der Waals surface area contributed by atoms with Crippen LogP contribution in [0.5, 0.6) is 0 Å². The summed E-state index contributed by atoms with van der Waals surface area (Å²) in [5.74, 6) is -6.49. The van der Waals surface area contributed by atoms with Crippen LogP contribution in [0.25, 0.3) is 0 Å². The first kappa shape index (κ1) is 90.6. The number of fused-ring (bicyclic) bond motifs is 5. The molecule has 25 heteroatoms. The smallest absolute Gasteiger partial charge is 0.310 e. The summed E-state index contributed by atoms with van der Waals surface area (Å²) in [6.07, 6.45) is 7.42. The minimum Gasteiger partial charge on any atom is -0.481 e. The first-order valence-corrected chi connectivity index (χ1v) is 43.6. The first-order chi connectivity index (χ1) is 61.5. The van der Waals surface area contributed by atoms with Gasteiger partial charge in [0.2, 0.25) is 0 Å². The molecule has 5 atom stereocenters. The third kappa shape index (κ3) is 20.3. The number of morpholine rings is 1. The highest BCUT2D eigenvalue weighted by Crippen LogP contribution is 2.41. The number of amides is 5. The molecule has 25 nitrogen and oxygen atoms in total. The number of nitrogens with zero attached hydrogens (tertiary/aromatic N) is 8. The van der Waals surface area contributed by atoms with Crippen molar-refractivity contribution in [2.45, 2.75) is 155 Å². The number of methoxy groups -OCH3 is 1. The fourth-order valence-electron chi connectivity index (χ4n) is 17.5. The number of hydrogen-bond acceptors (Lipinski definition) is 15. The molecule has 3 fully saturated rings. The SMILES string of the molecule is CC(C(=O)O)c1ccc(N2Cc3ccc(C4CCCC4)cc3C2=O)cc1.CC(C(=O)O)c1ccc(N2Cc3ccc(CN(C)C)cc3C2=O)cc1.CC(C(=O)O)c1ccc(N2Cc3ccc(N4CCCC4)cc3C2=O)cc1.CC(C(=O)O)c1ccc(N2Cc3ccc(N4CCOCC4)cc3C2=O)cc1.COCc1ccc2c(c1)C(=O)N(c1ccc(C(C)C(=O)O)cc1)C2. The Morgan fingerprint density at radius 2 is 0.609 bits per heavy atom. The number of ether oxygens (including phenoxy) is 2. The van der Waals surface area contributed by atoms with Crippen molar-refractivity contribution in [2.75, 3.05) is 94.9 Å². The molecular formula is C103H108N8O17. The van der Waals surface area contributed by atoms with Crippen LogP contribution in [-0.4, -0.2) is 150 Å². The Kier molecular flexibility index (Phi) is 28.3. The van der Waals surface area contributed by atoms with Crippen molar-refractivity contribution < 1.29 is 83.0 Å². The fraction of sp³-hybridized carbons (Fsp3) is 0.320. The Morgan fingerprint density at radius 1 is 0.344 bits per heavy atom. The van der Waals surface area contributed by atoms with Crippen LogP contribution in [-0.2, 0) is 79.3 Å². The quantitative estimate of drug-likeness (QED) is 0.0421. The van der Waals surface area contributed by atoms with Crippen LogP contribution in [0, 0.1) is 0 Å². The van der Waals surface area contributed by atoms with Crippen LogP contribution >= 0.6 is 0 Å². The summed E-state index contributed by atoms with van der Waals surface area (Å²) in [7, 11) is 5.63. The zero-order chi connectivity index (χ0) is 90.9. The molecule has 0 aromatic heterocycles. The maximum atomic E-state index is 12.9. The predicted octanol–water partition coefficient (Wildman–Crippen LogP) is 17.5. The summed E-state index contributed by atoms with van der Waals surface area (Å²) in [6.45, 7) is 17.5. The molecule has 0 bridgehead atoms. The van der Waals surface area contributed by atoms with Crippen molar-refractivity contribution in [1.82, 2.24) is 4.90 Å². The minimum absolute atomic E-state index is 0.00496. The standard InChI is InChI=1S/C22H23NO3.C21H22N2O4.C21H22N2O3.C20H22N2O3.C19H19NO4/c1-14(22(25)26)15-8-10-19(11-9-15)23-13-18-7-6-17(12-20(18)21(23)24)16-4-2-3-5-16;1-14(21(25)26)15-2-5-17(6-3-15)23-13-16-4-7-18(12-19(16)20(23)24)22-8-10-27-11-9-22;1-14(21(25)26)15-4-7-17(8-5-15)23-13-16-6-9-18(12-19(16)20(23)24)22-10-2-3-11-22;1-13(20(24)25)15-6-8-17(9-7-15)22-12-16-5-4-14(11-21(2)3)10-18(16)19(22)23;1-12(19(22)23)14-5-7-16(8-6-14)20-10-15-4-3-13(11-24-2)9-17(15)18(20)21/h6-12,14,16H,2-5,13H2,1H3,(H,25,26);2-7,12,14H,8-11,13H2,1H3,(H,25,26);4-9,12,14H,2-3,10-11,13H2,1H3,(H,25,26);4-10,13H,11-12H2,1-3H3,(H,24,25);3-9,12H,10-11H2,1-2H3,(H,22,23). The molecule has 5 amide bonds. The molecule has 662 valence electrons. The number of hydrogen-bond donors (Lipinski definition) is 5. The van der Waals surface area contributed by atoms with E-state index in [0.717, 1.165) is 162 Å². The lowest BCUT2D eigenvalue weighted by molar-refractivity contribution is -0.139. The van der Waals surface area contributed by atoms with Gasteiger partial charge in [-0.3, -0.25) is 47.9 Å². The number of carboxylic acids is 5. The van der Waals surface area contributed by atoms with E-state index >= 15 is 0 Å². The second-order valence-corrected chi connectivity index (χ2v) is 34.2. The molecule has 7 aliphatic heterocycles. The van der Waals surface area contributed by atoms with Gasteiger partial charge in [0.25, 0.3) is 29.5 Å². The molecule has 0 spiro atoms. The summed E-state index contributed by atoms with van der Waals surface area (Å²) < 4.78 is 10.5. The van der Waals surface area contributed by atoms with Crippen LogP contribution in [0.4, 0.5) is 39.8 Å². The molecular weight excluding hydrogens is 1620 g/mol. The normalized spacial score (nSPS) is 16.6. The van der Waals surface area contributed by atoms with Crippen molar-refractivity contribution in [3.8, 4) is 0 Å². The summed E-state index contributed by atoms with van der Waals surface area (Å²) in [5, 5.41) is 45.6. The average molecular weight is 1730 g/mol. The lowest BCUT2D eigenvalue weighted by atomic mass is 9.94. The van der Waals surface area contributed by atoms with Gasteiger partial charge in [-0.15, -0.1) is 0 Å². The molecule has 5 N–H and O–H groups in total. The number of aliphatic carboxylic acids is 5. The Morgan fingerprint density at radius 3 is 0.914 bits per heavy atom. The average Bonchev–Trinajstić information content (AvgIpc) is 1.67. The van der Waals surface area contributed by atoms with E-state index in [4.69, 9.17) is 35.0 Å². The Bertz CT molecular complexity index is 5680. The zero-order valence-electron chi connectivity index (χ0n) is 73.3. The van der Waals surface area contributed by atoms with E-state index in [1.54, 1.807) is 139 Å². The number of carboxylic acid groups (broad SMARTS) is 5. The largest absolute Gasteiger partial charge is 0.481 e. The van der Waals surface area contributed by atoms with Crippen LogP contribution in [0.1, 0.15) is 233 Å². The molecule has 10 aromatic carbocycles. The number of carbonyl (C=O) groups is 10. The van der Waals surface area contributed by atoms with E-state index in [0.29, 0.717) is 64.0 Å². The van der Waals surface area contributed by atoms with Gasteiger partial charge in [0.1, 0.15) is 0 Å². The summed E-state index contributed by atoms with van der Waals surface area (Å²) in [6, 6.07) is 66.6. The van der Waals surface area contributed by atoms with Gasteiger partial charge in [-0.2, -0.15) is 0 Å². The highest BCUT2D eigenvalue weighted by atomic mass is 16.5. The molecule has 128 heavy (non-hydrogen) atoms. The van der Waals surface area contributed by atoms with Crippen LogP contribution in [0.15, 0.2) is 212 Å². The fourth-order valence-corrected chi connectivity index (χ4v) is 17.5. The van der Waals surface area contributed by atoms with E-state index in [9.17, 15) is 47.9 Å². The molecule has 2 saturated heterocycles. The monoisotopic (exact) mass is 1730 g/mol. The maximum absolute atomic E-state index is 12.9. The van der Waals surface area contributed by atoms with E-state index < -0.39 is 59.4 Å². The van der Waals surface area contributed by atoms with Gasteiger partial charge in [0.05, 0.1) is 82.1 Å². The van der Waals surface area contributed by atoms with Gasteiger partial charge in [-0.05, 0) is 256 Å². The van der Waals surface area contributed by atoms with E-state index in [1.165, 1.54) is 44.1 Å². The Labute approximate surface area is 745 Å². The summed E-state index contributed by atoms with van der Waals surface area (Å²) in [4.78, 5) is 135. The molecule has 7 heterocycles. The number of anilines is 7. The summed E-state index contributed by atoms with van der Waals surface area (Å²) in [5.41, 5.74) is 22.1. The van der Waals surface area contributed by atoms with E-state index in [2.05, 4.69) is 57.2 Å². The number of carbonyl (C=O) groups excluding carboxylic acids is 5. The van der Waals surface area contributed by atoms with Crippen molar-refractivity contribution in [3.63, 3.8) is 0 Å². The molecule has 1 aliphatic carbocycles. The van der Waals surface area contributed by atoms with Crippen LogP contribution in [0.3, 0.4) is 0 Å². The van der Waals surface area contributed by atoms with E-state index in [-0.39, 0.29) is 29.5 Å². The third-order valence-corrected chi connectivity index (χ3v) is 25.5. The maximum Gasteiger partial charge on any atom is 0.310 e. The zero-order valence-corrected chi connectivity index (χ0v) is 73.3. The highest BCUT2D eigenvalue weighted by molar-refractivity contribution is 6.14. The number of benzene rings is 10.